The van der Waals surface area contributed by atoms with E-state index < -0.39 is 12.0 Å². The number of hydrogen-bond acceptors (Lipinski definition) is 5. The van der Waals surface area contributed by atoms with E-state index in [0.717, 1.165) is 64.2 Å². The maximum atomic E-state index is 12.9. The lowest BCUT2D eigenvalue weighted by atomic mass is 10.0. The van der Waals surface area contributed by atoms with Crippen LogP contribution in [0.3, 0.4) is 0 Å². The Kier molecular flexibility index (Phi) is 45.1. The van der Waals surface area contributed by atoms with Crippen molar-refractivity contribution >= 4 is 17.8 Å². The summed E-state index contributed by atoms with van der Waals surface area (Å²) in [6, 6.07) is -0.852. The minimum absolute atomic E-state index is 0.0111. The third kappa shape index (κ3) is 42.5. The summed E-state index contributed by atoms with van der Waals surface area (Å²) in [5.74, 6) is -1.21. The first-order chi connectivity index (χ1) is 28.4. The highest BCUT2D eigenvalue weighted by Crippen LogP contribution is 2.20. The number of amides is 1. The van der Waals surface area contributed by atoms with Gasteiger partial charge in [-0.05, 0) is 57.9 Å². The normalized spacial score (nSPS) is 12.5. The first kappa shape index (κ1) is 56.4. The van der Waals surface area contributed by atoms with Crippen molar-refractivity contribution in [2.24, 2.45) is 5.73 Å². The second-order valence-corrected chi connectivity index (χ2v) is 18.0. The zero-order valence-electron chi connectivity index (χ0n) is 38.9. The molecule has 0 heterocycles. The van der Waals surface area contributed by atoms with Crippen LogP contribution >= 0.6 is 0 Å². The number of nitrogens with one attached hydrogen (secondary N) is 1. The average Bonchev–Trinajstić information content (AvgIpc) is 3.21. The van der Waals surface area contributed by atoms with Crippen molar-refractivity contribution in [2.75, 3.05) is 6.54 Å². The minimum atomic E-state index is -0.999. The van der Waals surface area contributed by atoms with Crippen LogP contribution < -0.4 is 11.1 Å². The molecular weight excluding hydrogens is 721 g/mol. The van der Waals surface area contributed by atoms with Crippen LogP contribution in [0.4, 0.5) is 0 Å². The number of unbranched alkanes of at least 4 members (excludes halogenated alkanes) is 34. The highest BCUT2D eigenvalue weighted by molar-refractivity contribution is 5.83. The van der Waals surface area contributed by atoms with Gasteiger partial charge >= 0.3 is 11.9 Å². The van der Waals surface area contributed by atoms with Crippen molar-refractivity contribution in [2.45, 2.75) is 302 Å². The van der Waals surface area contributed by atoms with Crippen molar-refractivity contribution in [1.29, 1.82) is 0 Å². The Bertz CT molecular complexity index is 883. The monoisotopic (exact) mass is 821 g/mol. The van der Waals surface area contributed by atoms with E-state index >= 15 is 0 Å². The molecule has 0 saturated carbocycles. The van der Waals surface area contributed by atoms with E-state index in [1.54, 1.807) is 0 Å². The van der Waals surface area contributed by atoms with Crippen LogP contribution in [0.25, 0.3) is 0 Å². The van der Waals surface area contributed by atoms with Gasteiger partial charge in [-0.1, -0.05) is 226 Å². The summed E-state index contributed by atoms with van der Waals surface area (Å²) >= 11 is 0. The molecule has 0 fully saturated rings. The number of esters is 1. The van der Waals surface area contributed by atoms with E-state index in [0.29, 0.717) is 32.2 Å². The lowest BCUT2D eigenvalue weighted by Crippen LogP contribution is -2.40. The number of carboxylic acid groups (broad SMARTS) is 1. The standard InChI is InChI=1S/C51H100N2O5/c1-3-5-7-9-11-13-15-16-17-18-19-20-21-22-23-24-26-28-30-35-39-45-50(55)58-47(41-36-32-29-27-25-14-12-10-8-6-4-2)42-37-33-31-34-38-44-49(54)53-48(51(56)57)43-40-46-52/h47-48H,3-46,52H2,1-2H3,(H,53,54)(H,56,57). The Morgan fingerprint density at radius 3 is 1.07 bits per heavy atom. The molecular formula is C51H100N2O5. The van der Waals surface area contributed by atoms with Crippen molar-refractivity contribution < 1.29 is 24.2 Å². The van der Waals surface area contributed by atoms with Crippen LogP contribution in [-0.4, -0.2) is 41.6 Å². The fourth-order valence-corrected chi connectivity index (χ4v) is 8.28. The largest absolute Gasteiger partial charge is 0.480 e. The molecule has 1 amide bonds. The van der Waals surface area contributed by atoms with E-state index in [1.807, 2.05) is 0 Å². The van der Waals surface area contributed by atoms with Gasteiger partial charge in [-0.25, -0.2) is 4.79 Å². The lowest BCUT2D eigenvalue weighted by Gasteiger charge is -2.18. The molecule has 0 bridgehead atoms. The molecule has 4 N–H and O–H groups in total. The number of rotatable bonds is 48. The molecule has 0 aliphatic carbocycles. The molecule has 7 heteroatoms. The molecule has 0 aliphatic heterocycles. The summed E-state index contributed by atoms with van der Waals surface area (Å²) in [6.07, 6.45) is 51.7. The summed E-state index contributed by atoms with van der Waals surface area (Å²) in [5, 5.41) is 12.0. The van der Waals surface area contributed by atoms with E-state index in [2.05, 4.69) is 19.2 Å². The number of hydrogen-bond donors (Lipinski definition) is 3. The fourth-order valence-electron chi connectivity index (χ4n) is 8.28. The quantitative estimate of drug-likeness (QED) is 0.0415. The molecule has 0 spiro atoms. The van der Waals surface area contributed by atoms with Gasteiger partial charge in [0.15, 0.2) is 0 Å². The van der Waals surface area contributed by atoms with Gasteiger partial charge in [0.1, 0.15) is 12.1 Å². The second kappa shape index (κ2) is 46.4. The van der Waals surface area contributed by atoms with E-state index in [1.165, 1.54) is 186 Å². The van der Waals surface area contributed by atoms with E-state index in [-0.39, 0.29) is 18.0 Å². The molecule has 0 rings (SSSR count). The number of carbonyl (C=O) groups excluding carboxylic acids is 2. The Labute approximate surface area is 360 Å². The zero-order valence-corrected chi connectivity index (χ0v) is 38.9. The van der Waals surface area contributed by atoms with Gasteiger partial charge in [-0.2, -0.15) is 0 Å². The molecule has 344 valence electrons. The Balaban J connectivity index is 4.12. The number of nitrogens with two attached hydrogens (primary N) is 1. The zero-order chi connectivity index (χ0) is 42.4. The predicted molar refractivity (Wildman–Crippen MR) is 248 cm³/mol. The molecule has 0 radical (unpaired) electrons. The summed E-state index contributed by atoms with van der Waals surface area (Å²) in [7, 11) is 0. The third-order valence-electron chi connectivity index (χ3n) is 12.2. The molecule has 2 atom stereocenters. The number of aliphatic carboxylic acids is 1. The van der Waals surface area contributed by atoms with Crippen LogP contribution in [0.5, 0.6) is 0 Å². The van der Waals surface area contributed by atoms with Gasteiger partial charge in [-0.3, -0.25) is 9.59 Å². The summed E-state index contributed by atoms with van der Waals surface area (Å²) in [6.45, 7) is 4.98. The molecule has 0 saturated heterocycles. The maximum Gasteiger partial charge on any atom is 0.326 e. The van der Waals surface area contributed by atoms with Crippen molar-refractivity contribution in [3.63, 3.8) is 0 Å². The summed E-state index contributed by atoms with van der Waals surface area (Å²) in [5.41, 5.74) is 5.50. The van der Waals surface area contributed by atoms with Gasteiger partial charge in [0, 0.05) is 12.8 Å². The van der Waals surface area contributed by atoms with Gasteiger partial charge < -0.3 is 20.9 Å². The first-order valence-electron chi connectivity index (χ1n) is 25.9. The topological polar surface area (TPSA) is 119 Å². The molecule has 0 aromatic heterocycles. The second-order valence-electron chi connectivity index (χ2n) is 18.0. The lowest BCUT2D eigenvalue weighted by molar-refractivity contribution is -0.150. The minimum Gasteiger partial charge on any atom is -0.480 e. The molecule has 0 aliphatic rings. The number of ether oxygens (including phenoxy) is 1. The van der Waals surface area contributed by atoms with E-state index in [4.69, 9.17) is 10.5 Å². The van der Waals surface area contributed by atoms with Crippen LogP contribution in [0, 0.1) is 0 Å². The smallest absolute Gasteiger partial charge is 0.326 e. The molecule has 58 heavy (non-hydrogen) atoms. The van der Waals surface area contributed by atoms with Crippen molar-refractivity contribution in [3.8, 4) is 0 Å². The highest BCUT2D eigenvalue weighted by Gasteiger charge is 2.19. The summed E-state index contributed by atoms with van der Waals surface area (Å²) in [4.78, 5) is 36.5. The van der Waals surface area contributed by atoms with Gasteiger partial charge in [-0.15, -0.1) is 0 Å². The van der Waals surface area contributed by atoms with Gasteiger partial charge in [0.05, 0.1) is 0 Å². The predicted octanol–water partition coefficient (Wildman–Crippen LogP) is 15.2. The Morgan fingerprint density at radius 2 is 0.741 bits per heavy atom. The third-order valence-corrected chi connectivity index (χ3v) is 12.2. The number of carbonyl (C=O) groups is 3. The SMILES string of the molecule is CCCCCCCCCCCCCCCCCCCCCCCC(=O)OC(CCCCCCCCCCCCC)CCCCCCCC(=O)NC(CCCN)C(=O)O. The van der Waals surface area contributed by atoms with Crippen LogP contribution in [0.2, 0.25) is 0 Å². The van der Waals surface area contributed by atoms with E-state index in [9.17, 15) is 19.5 Å². The van der Waals surface area contributed by atoms with Crippen LogP contribution in [0.1, 0.15) is 290 Å². The Hall–Kier alpha value is -1.63. The maximum absolute atomic E-state index is 12.9. The molecule has 7 nitrogen and oxygen atoms in total. The molecule has 0 aromatic rings. The van der Waals surface area contributed by atoms with Gasteiger partial charge in [0.2, 0.25) is 5.91 Å². The van der Waals surface area contributed by atoms with Crippen molar-refractivity contribution in [3.05, 3.63) is 0 Å². The first-order valence-corrected chi connectivity index (χ1v) is 25.9. The van der Waals surface area contributed by atoms with Gasteiger partial charge in [0.25, 0.3) is 0 Å². The van der Waals surface area contributed by atoms with Crippen LogP contribution in [-0.2, 0) is 19.1 Å². The fraction of sp³-hybridized carbons (Fsp3) is 0.941. The number of carboxylic acids is 1. The van der Waals surface area contributed by atoms with Crippen molar-refractivity contribution in [1.82, 2.24) is 5.32 Å². The van der Waals surface area contributed by atoms with Crippen LogP contribution in [0.15, 0.2) is 0 Å². The highest BCUT2D eigenvalue weighted by atomic mass is 16.5. The molecule has 0 aromatic carbocycles. The summed E-state index contributed by atoms with van der Waals surface area (Å²) < 4.78 is 6.08. The Morgan fingerprint density at radius 1 is 0.431 bits per heavy atom. The molecule has 2 unspecified atom stereocenters. The average molecular weight is 821 g/mol.